The van der Waals surface area contributed by atoms with Gasteiger partial charge in [-0.25, -0.2) is 4.98 Å². The van der Waals surface area contributed by atoms with E-state index in [0.717, 1.165) is 21.5 Å². The Bertz CT molecular complexity index is 1030. The van der Waals surface area contributed by atoms with E-state index in [-0.39, 0.29) is 17.7 Å². The highest BCUT2D eigenvalue weighted by molar-refractivity contribution is 7.22. The molecule has 0 saturated heterocycles. The van der Waals surface area contributed by atoms with Gasteiger partial charge in [0.25, 0.3) is 5.91 Å². The van der Waals surface area contributed by atoms with Gasteiger partial charge in [-0.15, -0.1) is 0 Å². The second-order valence-corrected chi connectivity index (χ2v) is 8.11. The number of hydrogen-bond donors (Lipinski definition) is 2. The molecule has 0 fully saturated rings. The number of nitrogens with one attached hydrogen (secondary N) is 2. The number of anilines is 1. The van der Waals surface area contributed by atoms with Crippen LogP contribution in [0.25, 0.3) is 10.2 Å². The van der Waals surface area contributed by atoms with Crippen LogP contribution in [0.5, 0.6) is 5.75 Å². The molecule has 2 aromatic carbocycles. The summed E-state index contributed by atoms with van der Waals surface area (Å²) in [5.41, 5.74) is 2.22. The summed E-state index contributed by atoms with van der Waals surface area (Å²) in [6.45, 7) is 8.19. The number of aryl methyl sites for hydroxylation is 1. The van der Waals surface area contributed by atoms with Gasteiger partial charge in [0.15, 0.2) is 5.13 Å². The van der Waals surface area contributed by atoms with E-state index in [1.165, 1.54) is 11.3 Å². The molecule has 0 aliphatic rings. The first kappa shape index (κ1) is 20.8. The van der Waals surface area contributed by atoms with Crippen molar-refractivity contribution < 1.29 is 14.3 Å². The van der Waals surface area contributed by atoms with Gasteiger partial charge in [0, 0.05) is 5.56 Å². The average Bonchev–Trinajstić information content (AvgIpc) is 3.07. The Morgan fingerprint density at radius 2 is 1.93 bits per heavy atom. The first-order valence-electron chi connectivity index (χ1n) is 9.59. The van der Waals surface area contributed by atoms with Crippen LogP contribution < -0.4 is 15.4 Å². The largest absolute Gasteiger partial charge is 0.494 e. The molecule has 1 heterocycles. The normalized spacial score (nSPS) is 12.0. The van der Waals surface area contributed by atoms with Gasteiger partial charge in [0.1, 0.15) is 11.8 Å². The standard InChI is InChI=1S/C22H25N3O3S/c1-5-28-15-10-11-17-18(12-15)29-22(23-17)25-21(27)19(13(2)3)24-20(26)16-9-7-6-8-14(16)4/h6-13,19H,5H2,1-4H3,(H,24,26)(H,23,25,27). The lowest BCUT2D eigenvalue weighted by molar-refractivity contribution is -0.118. The predicted octanol–water partition coefficient (Wildman–Crippen LogP) is 4.40. The lowest BCUT2D eigenvalue weighted by atomic mass is 10.0. The molecule has 7 heteroatoms. The van der Waals surface area contributed by atoms with Crippen LogP contribution >= 0.6 is 11.3 Å². The summed E-state index contributed by atoms with van der Waals surface area (Å²) in [6.07, 6.45) is 0. The Balaban J connectivity index is 1.75. The average molecular weight is 412 g/mol. The van der Waals surface area contributed by atoms with Crippen LogP contribution in [0.15, 0.2) is 42.5 Å². The number of hydrogen-bond acceptors (Lipinski definition) is 5. The number of carbonyl (C=O) groups is 2. The predicted molar refractivity (Wildman–Crippen MR) is 117 cm³/mol. The summed E-state index contributed by atoms with van der Waals surface area (Å²) < 4.78 is 6.44. The molecule has 1 atom stereocenters. The zero-order valence-electron chi connectivity index (χ0n) is 17.0. The molecular formula is C22H25N3O3S. The maximum Gasteiger partial charge on any atom is 0.252 e. The van der Waals surface area contributed by atoms with E-state index >= 15 is 0 Å². The van der Waals surface area contributed by atoms with Crippen LogP contribution in [-0.4, -0.2) is 29.4 Å². The summed E-state index contributed by atoms with van der Waals surface area (Å²) in [6, 6.07) is 12.3. The van der Waals surface area contributed by atoms with Gasteiger partial charge in [0.05, 0.1) is 16.8 Å². The molecule has 0 saturated carbocycles. The van der Waals surface area contributed by atoms with Crippen molar-refractivity contribution in [3.05, 3.63) is 53.6 Å². The second kappa shape index (κ2) is 9.05. The zero-order valence-corrected chi connectivity index (χ0v) is 17.8. The molecule has 2 amide bonds. The van der Waals surface area contributed by atoms with Crippen LogP contribution in [0.4, 0.5) is 5.13 Å². The zero-order chi connectivity index (χ0) is 21.0. The van der Waals surface area contributed by atoms with Gasteiger partial charge in [-0.3, -0.25) is 9.59 Å². The highest BCUT2D eigenvalue weighted by Gasteiger charge is 2.26. The molecule has 0 aliphatic heterocycles. The Morgan fingerprint density at radius 1 is 1.17 bits per heavy atom. The Kier molecular flexibility index (Phi) is 6.49. The van der Waals surface area contributed by atoms with Crippen molar-refractivity contribution in [1.29, 1.82) is 0 Å². The van der Waals surface area contributed by atoms with Crippen LogP contribution in [0.3, 0.4) is 0 Å². The minimum atomic E-state index is -0.673. The summed E-state index contributed by atoms with van der Waals surface area (Å²) >= 11 is 1.38. The van der Waals surface area contributed by atoms with E-state index in [1.807, 2.05) is 64.1 Å². The summed E-state index contributed by atoms with van der Waals surface area (Å²) in [7, 11) is 0. The molecule has 0 aliphatic carbocycles. The molecule has 152 valence electrons. The first-order chi connectivity index (χ1) is 13.9. The number of rotatable bonds is 7. The summed E-state index contributed by atoms with van der Waals surface area (Å²) in [4.78, 5) is 30.0. The highest BCUT2D eigenvalue weighted by atomic mass is 32.1. The quantitative estimate of drug-likeness (QED) is 0.604. The minimum Gasteiger partial charge on any atom is -0.494 e. The monoisotopic (exact) mass is 411 g/mol. The maximum absolute atomic E-state index is 12.9. The van der Waals surface area contributed by atoms with Crippen molar-refractivity contribution in [2.24, 2.45) is 5.92 Å². The summed E-state index contributed by atoms with van der Waals surface area (Å²) in [5, 5.41) is 6.20. The number of amides is 2. The fraction of sp³-hybridized carbons (Fsp3) is 0.318. The molecule has 1 unspecified atom stereocenters. The lowest BCUT2D eigenvalue weighted by Crippen LogP contribution is -2.47. The van der Waals surface area contributed by atoms with E-state index in [1.54, 1.807) is 6.07 Å². The third kappa shape index (κ3) is 4.92. The number of aromatic nitrogens is 1. The first-order valence-corrected chi connectivity index (χ1v) is 10.4. The minimum absolute atomic E-state index is 0.0816. The molecule has 0 spiro atoms. The molecule has 0 bridgehead atoms. The molecule has 3 aromatic rings. The smallest absolute Gasteiger partial charge is 0.252 e. The Labute approximate surface area is 174 Å². The van der Waals surface area contributed by atoms with E-state index in [4.69, 9.17) is 4.74 Å². The van der Waals surface area contributed by atoms with E-state index in [0.29, 0.717) is 17.3 Å². The van der Waals surface area contributed by atoms with Gasteiger partial charge >= 0.3 is 0 Å². The number of thiazole rings is 1. The summed E-state index contributed by atoms with van der Waals surface area (Å²) in [5.74, 6) is 0.141. The van der Waals surface area contributed by atoms with E-state index in [2.05, 4.69) is 15.6 Å². The number of carbonyl (C=O) groups excluding carboxylic acids is 2. The SMILES string of the molecule is CCOc1ccc2nc(NC(=O)C(NC(=O)c3ccccc3C)C(C)C)sc2c1. The third-order valence-electron chi connectivity index (χ3n) is 4.53. The van der Waals surface area contributed by atoms with Gasteiger partial charge in [0.2, 0.25) is 5.91 Å². The van der Waals surface area contributed by atoms with Crippen LogP contribution in [0.2, 0.25) is 0 Å². The molecule has 0 radical (unpaired) electrons. The molecule has 1 aromatic heterocycles. The van der Waals surface area contributed by atoms with Gasteiger partial charge in [-0.05, 0) is 49.6 Å². The fourth-order valence-corrected chi connectivity index (χ4v) is 3.88. The molecule has 6 nitrogen and oxygen atoms in total. The lowest BCUT2D eigenvalue weighted by Gasteiger charge is -2.21. The number of ether oxygens (including phenoxy) is 1. The van der Waals surface area contributed by atoms with Crippen LogP contribution in [-0.2, 0) is 4.79 Å². The van der Waals surface area contributed by atoms with E-state index < -0.39 is 6.04 Å². The number of nitrogens with zero attached hydrogens (tertiary/aromatic N) is 1. The van der Waals surface area contributed by atoms with Crippen molar-refractivity contribution in [2.45, 2.75) is 33.7 Å². The Morgan fingerprint density at radius 3 is 2.62 bits per heavy atom. The van der Waals surface area contributed by atoms with Crippen molar-refractivity contribution in [3.63, 3.8) is 0 Å². The molecular weight excluding hydrogens is 386 g/mol. The van der Waals surface area contributed by atoms with Gasteiger partial charge in [-0.1, -0.05) is 43.4 Å². The number of fused-ring (bicyclic) bond motifs is 1. The van der Waals surface area contributed by atoms with Crippen molar-refractivity contribution in [1.82, 2.24) is 10.3 Å². The van der Waals surface area contributed by atoms with E-state index in [9.17, 15) is 9.59 Å². The van der Waals surface area contributed by atoms with Crippen LogP contribution in [0, 0.1) is 12.8 Å². The van der Waals surface area contributed by atoms with Gasteiger partial charge < -0.3 is 15.4 Å². The second-order valence-electron chi connectivity index (χ2n) is 7.08. The van der Waals surface area contributed by atoms with Crippen molar-refractivity contribution in [2.75, 3.05) is 11.9 Å². The van der Waals surface area contributed by atoms with Gasteiger partial charge in [-0.2, -0.15) is 0 Å². The molecule has 2 N–H and O–H groups in total. The highest BCUT2D eigenvalue weighted by Crippen LogP contribution is 2.29. The third-order valence-corrected chi connectivity index (χ3v) is 5.46. The fourth-order valence-electron chi connectivity index (χ4n) is 2.98. The van der Waals surface area contributed by atoms with Crippen molar-refractivity contribution in [3.8, 4) is 5.75 Å². The Hall–Kier alpha value is -2.93. The van der Waals surface area contributed by atoms with Crippen LogP contribution in [0.1, 0.15) is 36.7 Å². The molecule has 3 rings (SSSR count). The number of benzene rings is 2. The van der Waals surface area contributed by atoms with Crippen molar-refractivity contribution >= 4 is 38.5 Å². The molecule has 29 heavy (non-hydrogen) atoms. The topological polar surface area (TPSA) is 80.3 Å². The maximum atomic E-state index is 12.9.